The van der Waals surface area contributed by atoms with Gasteiger partial charge in [0, 0.05) is 13.1 Å². The van der Waals surface area contributed by atoms with E-state index in [9.17, 15) is 18.0 Å². The number of alkyl halides is 3. The monoisotopic (exact) mass is 340 g/mol. The van der Waals surface area contributed by atoms with E-state index in [0.29, 0.717) is 0 Å². The van der Waals surface area contributed by atoms with E-state index < -0.39 is 12.1 Å². The van der Waals surface area contributed by atoms with Crippen molar-refractivity contribution in [3.8, 4) is 6.07 Å². The lowest BCUT2D eigenvalue weighted by Gasteiger charge is -2.13. The molecule has 0 unspecified atom stereocenters. The average molecular weight is 340 g/mol. The number of carboxylic acids is 1. The molecule has 0 saturated carbocycles. The molecule has 2 rings (SSSR count). The zero-order valence-corrected chi connectivity index (χ0v) is 12.6. The van der Waals surface area contributed by atoms with Crippen LogP contribution in [0.15, 0.2) is 35.9 Å². The summed E-state index contributed by atoms with van der Waals surface area (Å²) in [5, 5.41) is 16.2. The molecule has 1 N–H and O–H groups in total. The number of nitrogens with zero attached hydrogens (tertiary/aromatic N) is 2. The maximum absolute atomic E-state index is 12.0. The van der Waals surface area contributed by atoms with Crippen molar-refractivity contribution in [1.29, 1.82) is 5.26 Å². The maximum Gasteiger partial charge on any atom is 0.490 e. The quantitative estimate of drug-likeness (QED) is 0.663. The molecule has 0 aliphatic carbocycles. The third-order valence-corrected chi connectivity index (χ3v) is 3.10. The van der Waals surface area contributed by atoms with E-state index in [-0.39, 0.29) is 11.5 Å². The predicted molar refractivity (Wildman–Crippen MR) is 79.5 cm³/mol. The summed E-state index contributed by atoms with van der Waals surface area (Å²) in [6.07, 6.45) is -1.35. The number of likely N-dealkylation sites (tertiary alicyclic amines) is 1. The third kappa shape index (κ3) is 6.12. The van der Waals surface area contributed by atoms with E-state index in [2.05, 4.69) is 0 Å². The third-order valence-electron chi connectivity index (χ3n) is 3.10. The Morgan fingerprint density at radius 3 is 2.08 bits per heavy atom. The van der Waals surface area contributed by atoms with Crippen LogP contribution in [-0.4, -0.2) is 41.1 Å². The number of carboxylic acid groups (broad SMARTS) is 1. The van der Waals surface area contributed by atoms with Crippen LogP contribution in [0.5, 0.6) is 0 Å². The SMILES string of the molecule is N#C/C(=C\c1ccccc1)C(=O)N1CCCC1.O=C(O)C(F)(F)F. The molecule has 0 spiro atoms. The van der Waals surface area contributed by atoms with E-state index in [1.54, 1.807) is 11.0 Å². The number of hydrogen-bond acceptors (Lipinski definition) is 3. The number of aliphatic carboxylic acids is 1. The molecule has 128 valence electrons. The van der Waals surface area contributed by atoms with E-state index in [1.165, 1.54) is 0 Å². The minimum atomic E-state index is -5.08. The minimum Gasteiger partial charge on any atom is -0.475 e. The van der Waals surface area contributed by atoms with Crippen molar-refractivity contribution >= 4 is 18.0 Å². The van der Waals surface area contributed by atoms with Crippen LogP contribution < -0.4 is 0 Å². The predicted octanol–water partition coefficient (Wildman–Crippen LogP) is 2.85. The highest BCUT2D eigenvalue weighted by Gasteiger charge is 2.38. The largest absolute Gasteiger partial charge is 0.490 e. The number of hydrogen-bond donors (Lipinski definition) is 1. The summed E-state index contributed by atoms with van der Waals surface area (Å²) >= 11 is 0. The van der Waals surface area contributed by atoms with Crippen LogP contribution in [0, 0.1) is 11.3 Å². The second-order valence-electron chi connectivity index (χ2n) is 4.88. The molecule has 1 aromatic carbocycles. The van der Waals surface area contributed by atoms with Crippen molar-refractivity contribution in [3.05, 3.63) is 41.5 Å². The molecule has 1 aliphatic rings. The summed E-state index contributed by atoms with van der Waals surface area (Å²) in [7, 11) is 0. The number of halogens is 3. The Balaban J connectivity index is 0.000000351. The summed E-state index contributed by atoms with van der Waals surface area (Å²) in [5.74, 6) is -2.90. The number of amides is 1. The molecule has 24 heavy (non-hydrogen) atoms. The first kappa shape index (κ1) is 19.2. The van der Waals surface area contributed by atoms with Crippen molar-refractivity contribution in [2.75, 3.05) is 13.1 Å². The van der Waals surface area contributed by atoms with Gasteiger partial charge in [0.2, 0.25) is 0 Å². The normalized spacial score (nSPS) is 14.4. The Labute approximate surface area is 136 Å². The first-order chi connectivity index (χ1) is 11.3. The van der Waals surface area contributed by atoms with E-state index in [4.69, 9.17) is 15.2 Å². The molecule has 1 amide bonds. The number of carbonyl (C=O) groups excluding carboxylic acids is 1. The van der Waals surface area contributed by atoms with Gasteiger partial charge in [-0.25, -0.2) is 4.79 Å². The van der Waals surface area contributed by atoms with Crippen LogP contribution in [-0.2, 0) is 9.59 Å². The zero-order chi connectivity index (χ0) is 18.2. The molecule has 0 atom stereocenters. The van der Waals surface area contributed by atoms with E-state index in [0.717, 1.165) is 31.5 Å². The molecule has 1 aromatic rings. The van der Waals surface area contributed by atoms with Crippen molar-refractivity contribution < 1.29 is 27.9 Å². The molecule has 1 heterocycles. The van der Waals surface area contributed by atoms with Crippen molar-refractivity contribution in [3.63, 3.8) is 0 Å². The second-order valence-corrected chi connectivity index (χ2v) is 4.88. The summed E-state index contributed by atoms with van der Waals surface area (Å²) in [6, 6.07) is 11.5. The highest BCUT2D eigenvalue weighted by Crippen LogP contribution is 2.14. The second kappa shape index (κ2) is 8.72. The smallest absolute Gasteiger partial charge is 0.475 e. The number of rotatable bonds is 2. The van der Waals surface area contributed by atoms with E-state index in [1.807, 2.05) is 36.4 Å². The van der Waals surface area contributed by atoms with Gasteiger partial charge in [-0.2, -0.15) is 18.4 Å². The van der Waals surface area contributed by atoms with Crippen LogP contribution in [0.1, 0.15) is 18.4 Å². The van der Waals surface area contributed by atoms with Crippen LogP contribution >= 0.6 is 0 Å². The van der Waals surface area contributed by atoms with Gasteiger partial charge in [0.1, 0.15) is 11.6 Å². The lowest BCUT2D eigenvalue weighted by Crippen LogP contribution is -2.28. The van der Waals surface area contributed by atoms with Crippen molar-refractivity contribution in [2.45, 2.75) is 19.0 Å². The molecule has 5 nitrogen and oxygen atoms in total. The Hall–Kier alpha value is -2.82. The van der Waals surface area contributed by atoms with E-state index >= 15 is 0 Å². The summed E-state index contributed by atoms with van der Waals surface area (Å²) in [4.78, 5) is 22.7. The summed E-state index contributed by atoms with van der Waals surface area (Å²) in [5.41, 5.74) is 1.11. The van der Waals surface area contributed by atoms with Gasteiger partial charge in [0.15, 0.2) is 0 Å². The van der Waals surface area contributed by atoms with Gasteiger partial charge in [-0.3, -0.25) is 4.79 Å². The standard InChI is InChI=1S/C14H14N2O.C2HF3O2/c15-11-13(10-12-6-2-1-3-7-12)14(17)16-8-4-5-9-16;3-2(4,5)1(6)7/h1-3,6-7,10H,4-5,8-9H2;(H,6,7)/b13-10+;. The molecule has 0 bridgehead atoms. The average Bonchev–Trinajstić information content (AvgIpc) is 3.07. The Kier molecular flexibility index (Phi) is 6.98. The Morgan fingerprint density at radius 1 is 1.17 bits per heavy atom. The fourth-order valence-corrected chi connectivity index (χ4v) is 1.95. The molecule has 1 aliphatic heterocycles. The van der Waals surface area contributed by atoms with Gasteiger partial charge in [-0.15, -0.1) is 0 Å². The van der Waals surface area contributed by atoms with Gasteiger partial charge in [-0.1, -0.05) is 30.3 Å². The van der Waals surface area contributed by atoms with Gasteiger partial charge in [-0.05, 0) is 24.5 Å². The molecule has 0 aromatic heterocycles. The first-order valence-corrected chi connectivity index (χ1v) is 7.02. The van der Waals surface area contributed by atoms with Crippen LogP contribution in [0.25, 0.3) is 6.08 Å². The molecule has 8 heteroatoms. The fourth-order valence-electron chi connectivity index (χ4n) is 1.95. The van der Waals surface area contributed by atoms with Crippen molar-refractivity contribution in [2.24, 2.45) is 0 Å². The number of benzene rings is 1. The zero-order valence-electron chi connectivity index (χ0n) is 12.6. The van der Waals surface area contributed by atoms with Crippen LogP contribution in [0.4, 0.5) is 13.2 Å². The van der Waals surface area contributed by atoms with Gasteiger partial charge in [0.25, 0.3) is 5.91 Å². The Morgan fingerprint density at radius 2 is 1.67 bits per heavy atom. The van der Waals surface area contributed by atoms with Gasteiger partial charge >= 0.3 is 12.1 Å². The lowest BCUT2D eigenvalue weighted by atomic mass is 10.1. The Bertz CT molecular complexity index is 643. The minimum absolute atomic E-state index is 0.145. The molecule has 1 fully saturated rings. The summed E-state index contributed by atoms with van der Waals surface area (Å²) in [6.45, 7) is 1.54. The highest BCUT2D eigenvalue weighted by atomic mass is 19.4. The first-order valence-electron chi connectivity index (χ1n) is 7.02. The highest BCUT2D eigenvalue weighted by molar-refractivity contribution is 6.01. The molecule has 1 saturated heterocycles. The van der Waals surface area contributed by atoms with Crippen LogP contribution in [0.3, 0.4) is 0 Å². The summed E-state index contributed by atoms with van der Waals surface area (Å²) < 4.78 is 31.7. The molecular weight excluding hydrogens is 325 g/mol. The number of nitriles is 1. The topological polar surface area (TPSA) is 81.4 Å². The number of carbonyl (C=O) groups is 2. The molecule has 0 radical (unpaired) electrons. The van der Waals surface area contributed by atoms with Gasteiger partial charge in [0.05, 0.1) is 0 Å². The molecular formula is C16H15F3N2O3. The van der Waals surface area contributed by atoms with Crippen molar-refractivity contribution in [1.82, 2.24) is 4.90 Å². The lowest BCUT2D eigenvalue weighted by molar-refractivity contribution is -0.192. The van der Waals surface area contributed by atoms with Gasteiger partial charge < -0.3 is 10.0 Å². The maximum atomic E-state index is 12.0. The van der Waals surface area contributed by atoms with Crippen LogP contribution in [0.2, 0.25) is 0 Å². The fraction of sp³-hybridized carbons (Fsp3) is 0.312.